The molecule has 0 aromatic carbocycles. The van der Waals surface area contributed by atoms with Crippen LogP contribution in [0.25, 0.3) is 0 Å². The van der Waals surface area contributed by atoms with Gasteiger partial charge in [-0.05, 0) is 13.3 Å². The van der Waals surface area contributed by atoms with Crippen molar-refractivity contribution in [1.82, 2.24) is 14.5 Å². The zero-order chi connectivity index (χ0) is 14.9. The Bertz CT molecular complexity index is 611. The molecule has 1 unspecified atom stereocenters. The molecule has 2 rings (SSSR count). The number of H-pyrrole nitrogens is 1. The fourth-order valence-corrected chi connectivity index (χ4v) is 5.33. The van der Waals surface area contributed by atoms with E-state index < -0.39 is 21.7 Å². The van der Waals surface area contributed by atoms with E-state index in [2.05, 4.69) is 10.2 Å². The molecule has 0 spiro atoms. The number of carboxylic acid groups (broad SMARTS) is 1. The Labute approximate surface area is 121 Å². The molecular weight excluding hydrogens is 302 g/mol. The molecular formula is C11H17N3O4S2. The molecule has 0 saturated carbocycles. The predicted molar refractivity (Wildman–Crippen MR) is 75.6 cm³/mol. The number of hydrogen-bond donors (Lipinski definition) is 2. The van der Waals surface area contributed by atoms with Crippen molar-refractivity contribution in [3.8, 4) is 0 Å². The average molecular weight is 319 g/mol. The molecule has 0 radical (unpaired) electrons. The Morgan fingerprint density at radius 2 is 2.30 bits per heavy atom. The third kappa shape index (κ3) is 2.70. The van der Waals surface area contributed by atoms with E-state index in [0.29, 0.717) is 13.1 Å². The fraction of sp³-hybridized carbons (Fsp3) is 0.636. The first-order chi connectivity index (χ1) is 9.37. The fourth-order valence-electron chi connectivity index (χ4n) is 2.17. The second-order valence-electron chi connectivity index (χ2n) is 4.60. The Morgan fingerprint density at radius 3 is 2.90 bits per heavy atom. The van der Waals surface area contributed by atoms with E-state index in [1.165, 1.54) is 11.2 Å². The highest BCUT2D eigenvalue weighted by atomic mass is 32.2. The average Bonchev–Trinajstić information content (AvgIpc) is 2.81. The van der Waals surface area contributed by atoms with Crippen molar-refractivity contribution in [3.63, 3.8) is 0 Å². The minimum Gasteiger partial charge on any atom is -0.476 e. The summed E-state index contributed by atoms with van der Waals surface area (Å²) >= 11 is 1.75. The highest BCUT2D eigenvalue weighted by Crippen LogP contribution is 2.28. The van der Waals surface area contributed by atoms with Crippen molar-refractivity contribution in [2.75, 3.05) is 18.8 Å². The SMILES string of the molecule is CCC1CN(S(=O)(=O)c2c(C(=O)O)n[nH]c2C)CCS1. The monoisotopic (exact) mass is 319 g/mol. The maximum Gasteiger partial charge on any atom is 0.357 e. The van der Waals surface area contributed by atoms with Crippen molar-refractivity contribution in [2.24, 2.45) is 0 Å². The molecule has 1 aromatic heterocycles. The third-order valence-electron chi connectivity index (χ3n) is 3.25. The number of carboxylic acids is 1. The molecule has 0 amide bonds. The number of sulfonamides is 1. The third-order valence-corrected chi connectivity index (χ3v) is 6.65. The largest absolute Gasteiger partial charge is 0.476 e. The molecule has 9 heteroatoms. The number of nitrogens with one attached hydrogen (secondary N) is 1. The summed E-state index contributed by atoms with van der Waals surface area (Å²) in [6.07, 6.45) is 0.882. The zero-order valence-electron chi connectivity index (χ0n) is 11.3. The number of aromatic amines is 1. The van der Waals surface area contributed by atoms with Gasteiger partial charge in [-0.3, -0.25) is 5.10 Å². The minimum absolute atomic E-state index is 0.216. The molecule has 1 atom stereocenters. The van der Waals surface area contributed by atoms with Gasteiger partial charge < -0.3 is 5.11 Å². The minimum atomic E-state index is -3.82. The van der Waals surface area contributed by atoms with Crippen LogP contribution in [0.15, 0.2) is 4.90 Å². The van der Waals surface area contributed by atoms with Crippen LogP contribution in [-0.4, -0.2) is 58.1 Å². The number of carbonyl (C=O) groups is 1. The molecule has 20 heavy (non-hydrogen) atoms. The van der Waals surface area contributed by atoms with Gasteiger partial charge in [-0.2, -0.15) is 21.2 Å². The Hall–Kier alpha value is -1.06. The quantitative estimate of drug-likeness (QED) is 0.856. The summed E-state index contributed by atoms with van der Waals surface area (Å²) in [6, 6.07) is 0. The lowest BCUT2D eigenvalue weighted by Crippen LogP contribution is -2.42. The van der Waals surface area contributed by atoms with Crippen molar-refractivity contribution >= 4 is 27.8 Å². The lowest BCUT2D eigenvalue weighted by Gasteiger charge is -2.30. The molecule has 1 saturated heterocycles. The van der Waals surface area contributed by atoms with Crippen molar-refractivity contribution in [2.45, 2.75) is 30.4 Å². The summed E-state index contributed by atoms with van der Waals surface area (Å²) in [5, 5.41) is 15.3. The van der Waals surface area contributed by atoms with Crippen LogP contribution in [0.5, 0.6) is 0 Å². The summed E-state index contributed by atoms with van der Waals surface area (Å²) in [4.78, 5) is 10.9. The molecule has 1 aromatic rings. The van der Waals surface area contributed by atoms with E-state index in [1.54, 1.807) is 11.8 Å². The first-order valence-corrected chi connectivity index (χ1v) is 8.76. The van der Waals surface area contributed by atoms with Crippen LogP contribution < -0.4 is 0 Å². The van der Waals surface area contributed by atoms with E-state index in [0.717, 1.165) is 12.2 Å². The van der Waals surface area contributed by atoms with Crippen LogP contribution in [0.4, 0.5) is 0 Å². The number of nitrogens with zero attached hydrogens (tertiary/aromatic N) is 2. The number of aromatic nitrogens is 2. The Kier molecular flexibility index (Phi) is 4.40. The van der Waals surface area contributed by atoms with E-state index in [4.69, 9.17) is 5.11 Å². The number of thioether (sulfide) groups is 1. The van der Waals surface area contributed by atoms with Crippen LogP contribution in [0, 0.1) is 6.92 Å². The van der Waals surface area contributed by atoms with Crippen molar-refractivity contribution in [3.05, 3.63) is 11.4 Å². The second-order valence-corrected chi connectivity index (χ2v) is 7.88. The summed E-state index contributed by atoms with van der Waals surface area (Å²) in [7, 11) is -3.82. The second kappa shape index (κ2) is 5.74. The van der Waals surface area contributed by atoms with Crippen LogP contribution in [0.3, 0.4) is 0 Å². The van der Waals surface area contributed by atoms with Gasteiger partial charge in [-0.1, -0.05) is 6.92 Å². The standard InChI is InChI=1S/C11H17N3O4S2/c1-3-8-6-14(4-5-19-8)20(17,18)10-7(2)12-13-9(10)11(15)16/h8H,3-6H2,1-2H3,(H,12,13)(H,15,16). The maximum atomic E-state index is 12.6. The molecule has 2 N–H and O–H groups in total. The van der Waals surface area contributed by atoms with Crippen LogP contribution >= 0.6 is 11.8 Å². The van der Waals surface area contributed by atoms with Crippen LogP contribution in [-0.2, 0) is 10.0 Å². The number of aromatic carboxylic acids is 1. The first-order valence-electron chi connectivity index (χ1n) is 6.28. The van der Waals surface area contributed by atoms with Crippen molar-refractivity contribution < 1.29 is 18.3 Å². The Balaban J connectivity index is 2.40. The summed E-state index contributed by atoms with van der Waals surface area (Å²) < 4.78 is 26.7. The van der Waals surface area contributed by atoms with Gasteiger partial charge >= 0.3 is 5.97 Å². The van der Waals surface area contributed by atoms with Crippen molar-refractivity contribution in [1.29, 1.82) is 0 Å². The molecule has 112 valence electrons. The van der Waals surface area contributed by atoms with E-state index in [-0.39, 0.29) is 15.8 Å². The van der Waals surface area contributed by atoms with E-state index in [1.807, 2.05) is 6.92 Å². The predicted octanol–water partition coefficient (Wildman–Crippen LogP) is 0.932. The first kappa shape index (κ1) is 15.3. The highest BCUT2D eigenvalue weighted by Gasteiger charge is 2.35. The number of hydrogen-bond acceptors (Lipinski definition) is 5. The normalized spacial score (nSPS) is 21.0. The summed E-state index contributed by atoms with van der Waals surface area (Å²) in [5.41, 5.74) is -0.178. The highest BCUT2D eigenvalue weighted by molar-refractivity contribution is 8.00. The maximum absolute atomic E-state index is 12.6. The molecule has 1 fully saturated rings. The Morgan fingerprint density at radius 1 is 1.60 bits per heavy atom. The number of rotatable bonds is 4. The van der Waals surface area contributed by atoms with Gasteiger partial charge in [0.2, 0.25) is 10.0 Å². The van der Waals surface area contributed by atoms with Crippen LogP contribution in [0.2, 0.25) is 0 Å². The van der Waals surface area contributed by atoms with Gasteiger partial charge in [-0.15, -0.1) is 0 Å². The molecule has 0 bridgehead atoms. The summed E-state index contributed by atoms with van der Waals surface area (Å²) in [6.45, 7) is 4.34. The summed E-state index contributed by atoms with van der Waals surface area (Å²) in [5.74, 6) is -0.622. The lowest BCUT2D eigenvalue weighted by atomic mass is 10.3. The van der Waals surface area contributed by atoms with Gasteiger partial charge in [0.1, 0.15) is 4.90 Å². The smallest absolute Gasteiger partial charge is 0.357 e. The van der Waals surface area contributed by atoms with Gasteiger partial charge in [0.25, 0.3) is 0 Å². The van der Waals surface area contributed by atoms with Gasteiger partial charge in [-0.25, -0.2) is 13.2 Å². The molecule has 1 aliphatic rings. The zero-order valence-corrected chi connectivity index (χ0v) is 12.9. The topological polar surface area (TPSA) is 103 Å². The molecule has 0 aliphatic carbocycles. The molecule has 7 nitrogen and oxygen atoms in total. The lowest BCUT2D eigenvalue weighted by molar-refractivity contribution is 0.0686. The van der Waals surface area contributed by atoms with Gasteiger partial charge in [0.15, 0.2) is 5.69 Å². The molecule has 2 heterocycles. The number of aryl methyl sites for hydroxylation is 1. The van der Waals surface area contributed by atoms with E-state index in [9.17, 15) is 13.2 Å². The van der Waals surface area contributed by atoms with E-state index >= 15 is 0 Å². The molecule has 1 aliphatic heterocycles. The van der Waals surface area contributed by atoms with Gasteiger partial charge in [0.05, 0.1) is 5.69 Å². The van der Waals surface area contributed by atoms with Gasteiger partial charge in [0, 0.05) is 24.1 Å². The van der Waals surface area contributed by atoms with Crippen LogP contribution in [0.1, 0.15) is 29.5 Å².